The van der Waals surface area contributed by atoms with Crippen molar-refractivity contribution in [3.63, 3.8) is 0 Å². The first-order valence-corrected chi connectivity index (χ1v) is 5.02. The van der Waals surface area contributed by atoms with E-state index in [0.717, 1.165) is 24.2 Å². The molecule has 0 saturated carbocycles. The first-order valence-electron chi connectivity index (χ1n) is 4.64. The summed E-state index contributed by atoms with van der Waals surface area (Å²) >= 11 is 5.96. The number of ether oxygens (including phenoxy) is 1. The Balaban J connectivity index is 2.80. The maximum Gasteiger partial charge on any atom is 0.140 e. The van der Waals surface area contributed by atoms with Gasteiger partial charge in [-0.2, -0.15) is 0 Å². The quantitative estimate of drug-likeness (QED) is 0.835. The van der Waals surface area contributed by atoms with Gasteiger partial charge in [-0.15, -0.1) is 0 Å². The van der Waals surface area contributed by atoms with Crippen LogP contribution in [-0.2, 0) is 6.42 Å². The van der Waals surface area contributed by atoms with Crippen LogP contribution in [0.1, 0.15) is 18.9 Å². The largest absolute Gasteiger partial charge is 0.495 e. The van der Waals surface area contributed by atoms with Gasteiger partial charge in [0.05, 0.1) is 18.2 Å². The highest BCUT2D eigenvalue weighted by Crippen LogP contribution is 2.29. The van der Waals surface area contributed by atoms with Crippen molar-refractivity contribution < 1.29 is 9.84 Å². The smallest absolute Gasteiger partial charge is 0.140 e. The highest BCUT2D eigenvalue weighted by atomic mass is 35.5. The molecule has 1 atom stereocenters. The average molecular weight is 215 g/mol. The van der Waals surface area contributed by atoms with Crippen LogP contribution in [0.2, 0.25) is 5.02 Å². The minimum absolute atomic E-state index is 0.293. The molecule has 0 saturated heterocycles. The van der Waals surface area contributed by atoms with Crippen LogP contribution < -0.4 is 4.74 Å². The lowest BCUT2D eigenvalue weighted by Crippen LogP contribution is -2.02. The van der Waals surface area contributed by atoms with E-state index in [-0.39, 0.29) is 6.10 Å². The van der Waals surface area contributed by atoms with Crippen LogP contribution in [0.25, 0.3) is 0 Å². The molecule has 0 heterocycles. The molecule has 1 unspecified atom stereocenters. The standard InChI is InChI=1S/C11H15ClO2/c1-8(13)6-7-9-4-3-5-10(12)11(9)14-2/h3-5,8,13H,6-7H2,1-2H3. The number of hydrogen-bond donors (Lipinski definition) is 1. The van der Waals surface area contributed by atoms with E-state index in [1.807, 2.05) is 12.1 Å². The van der Waals surface area contributed by atoms with Crippen LogP contribution in [-0.4, -0.2) is 18.3 Å². The molecular weight excluding hydrogens is 200 g/mol. The second kappa shape index (κ2) is 5.23. The molecule has 0 bridgehead atoms. The molecule has 0 aliphatic carbocycles. The zero-order valence-corrected chi connectivity index (χ0v) is 9.21. The summed E-state index contributed by atoms with van der Waals surface area (Å²) in [5, 5.41) is 9.79. The van der Waals surface area contributed by atoms with E-state index in [4.69, 9.17) is 16.3 Å². The van der Waals surface area contributed by atoms with Crippen LogP contribution >= 0.6 is 11.6 Å². The second-order valence-electron chi connectivity index (χ2n) is 3.32. The SMILES string of the molecule is COc1c(Cl)cccc1CCC(C)O. The predicted octanol–water partition coefficient (Wildman–Crippen LogP) is 2.66. The fourth-order valence-corrected chi connectivity index (χ4v) is 1.61. The Bertz CT molecular complexity index is 297. The molecule has 0 amide bonds. The van der Waals surface area contributed by atoms with Crippen molar-refractivity contribution in [2.45, 2.75) is 25.9 Å². The summed E-state index contributed by atoms with van der Waals surface area (Å²) in [4.78, 5) is 0. The van der Waals surface area contributed by atoms with Gasteiger partial charge in [0.2, 0.25) is 0 Å². The van der Waals surface area contributed by atoms with Gasteiger partial charge in [-0.1, -0.05) is 23.7 Å². The molecule has 0 aliphatic heterocycles. The monoisotopic (exact) mass is 214 g/mol. The summed E-state index contributed by atoms with van der Waals surface area (Å²) in [6, 6.07) is 5.65. The molecule has 0 radical (unpaired) electrons. The minimum Gasteiger partial charge on any atom is -0.495 e. The van der Waals surface area contributed by atoms with Crippen LogP contribution in [0.15, 0.2) is 18.2 Å². The summed E-state index contributed by atoms with van der Waals surface area (Å²) in [6.45, 7) is 1.77. The first-order chi connectivity index (χ1) is 6.65. The number of rotatable bonds is 4. The lowest BCUT2D eigenvalue weighted by Gasteiger charge is -2.10. The van der Waals surface area contributed by atoms with E-state index in [2.05, 4.69) is 0 Å². The molecular formula is C11H15ClO2. The molecule has 0 spiro atoms. The third-order valence-corrected chi connectivity index (χ3v) is 2.38. The number of methoxy groups -OCH3 is 1. The Kier molecular flexibility index (Phi) is 4.23. The fourth-order valence-electron chi connectivity index (χ4n) is 1.34. The van der Waals surface area contributed by atoms with Gasteiger partial charge in [-0.25, -0.2) is 0 Å². The molecule has 2 nitrogen and oxygen atoms in total. The van der Waals surface area contributed by atoms with Gasteiger partial charge in [-0.05, 0) is 31.4 Å². The summed E-state index contributed by atoms with van der Waals surface area (Å²) in [6.07, 6.45) is 1.21. The van der Waals surface area contributed by atoms with Gasteiger partial charge in [-0.3, -0.25) is 0 Å². The van der Waals surface area contributed by atoms with Crippen molar-refractivity contribution in [3.8, 4) is 5.75 Å². The van der Waals surface area contributed by atoms with E-state index >= 15 is 0 Å². The van der Waals surface area contributed by atoms with E-state index in [0.29, 0.717) is 5.02 Å². The Labute approximate surface area is 89.5 Å². The molecule has 0 aliphatic rings. The Hall–Kier alpha value is -0.730. The summed E-state index contributed by atoms with van der Waals surface area (Å²) in [7, 11) is 1.60. The van der Waals surface area contributed by atoms with Crippen molar-refractivity contribution in [2.24, 2.45) is 0 Å². The topological polar surface area (TPSA) is 29.5 Å². The van der Waals surface area contributed by atoms with Crippen LogP contribution in [0, 0.1) is 0 Å². The molecule has 14 heavy (non-hydrogen) atoms. The van der Waals surface area contributed by atoms with Gasteiger partial charge in [0.25, 0.3) is 0 Å². The highest BCUT2D eigenvalue weighted by Gasteiger charge is 2.07. The lowest BCUT2D eigenvalue weighted by molar-refractivity contribution is 0.184. The molecule has 1 aromatic carbocycles. The summed E-state index contributed by atoms with van der Waals surface area (Å²) < 4.78 is 5.19. The zero-order chi connectivity index (χ0) is 10.6. The van der Waals surface area contributed by atoms with Gasteiger partial charge >= 0.3 is 0 Å². The van der Waals surface area contributed by atoms with Gasteiger partial charge in [0.15, 0.2) is 0 Å². The number of halogens is 1. The predicted molar refractivity (Wildman–Crippen MR) is 58.0 cm³/mol. The Morgan fingerprint density at radius 1 is 1.50 bits per heavy atom. The van der Waals surface area contributed by atoms with Crippen LogP contribution in [0.3, 0.4) is 0 Å². The van der Waals surface area contributed by atoms with Crippen molar-refractivity contribution >= 4 is 11.6 Å². The number of hydrogen-bond acceptors (Lipinski definition) is 2. The van der Waals surface area contributed by atoms with E-state index in [1.54, 1.807) is 20.1 Å². The normalized spacial score (nSPS) is 12.6. The van der Waals surface area contributed by atoms with E-state index in [9.17, 15) is 5.11 Å². The van der Waals surface area contributed by atoms with Crippen molar-refractivity contribution in [3.05, 3.63) is 28.8 Å². The summed E-state index contributed by atoms with van der Waals surface area (Å²) in [5.41, 5.74) is 1.04. The molecule has 1 rings (SSSR count). The molecule has 3 heteroatoms. The van der Waals surface area contributed by atoms with Crippen LogP contribution in [0.5, 0.6) is 5.75 Å². The maximum absolute atomic E-state index is 9.17. The van der Waals surface area contributed by atoms with Gasteiger partial charge in [0.1, 0.15) is 5.75 Å². The molecule has 1 N–H and O–H groups in total. The van der Waals surface area contributed by atoms with Crippen molar-refractivity contribution in [1.82, 2.24) is 0 Å². The van der Waals surface area contributed by atoms with Gasteiger partial charge < -0.3 is 9.84 Å². The van der Waals surface area contributed by atoms with Crippen LogP contribution in [0.4, 0.5) is 0 Å². The van der Waals surface area contributed by atoms with E-state index in [1.165, 1.54) is 0 Å². The number of aryl methyl sites for hydroxylation is 1. The second-order valence-corrected chi connectivity index (χ2v) is 3.73. The Morgan fingerprint density at radius 2 is 2.21 bits per heavy atom. The molecule has 1 aromatic rings. The third kappa shape index (κ3) is 2.89. The first kappa shape index (κ1) is 11.3. The number of benzene rings is 1. The third-order valence-electron chi connectivity index (χ3n) is 2.08. The van der Waals surface area contributed by atoms with Crippen molar-refractivity contribution in [2.75, 3.05) is 7.11 Å². The highest BCUT2D eigenvalue weighted by molar-refractivity contribution is 6.32. The molecule has 78 valence electrons. The Morgan fingerprint density at radius 3 is 2.79 bits per heavy atom. The number of aliphatic hydroxyl groups excluding tert-OH is 1. The van der Waals surface area contributed by atoms with E-state index < -0.39 is 0 Å². The maximum atomic E-state index is 9.17. The average Bonchev–Trinajstić information content (AvgIpc) is 2.14. The lowest BCUT2D eigenvalue weighted by atomic mass is 10.1. The fraction of sp³-hybridized carbons (Fsp3) is 0.455. The summed E-state index contributed by atoms with van der Waals surface area (Å²) in [5.74, 6) is 0.717. The van der Waals surface area contributed by atoms with Gasteiger partial charge in [0, 0.05) is 0 Å². The number of para-hydroxylation sites is 1. The molecule has 0 aromatic heterocycles. The molecule has 0 fully saturated rings. The number of aliphatic hydroxyl groups is 1. The van der Waals surface area contributed by atoms with Crippen molar-refractivity contribution in [1.29, 1.82) is 0 Å². The minimum atomic E-state index is -0.293. The zero-order valence-electron chi connectivity index (χ0n) is 8.46.